The van der Waals surface area contributed by atoms with Gasteiger partial charge in [-0.25, -0.2) is 22.4 Å². The maximum Gasteiger partial charge on any atom is 0.378 e. The van der Waals surface area contributed by atoms with Gasteiger partial charge in [0.05, 0.1) is 17.7 Å². The van der Waals surface area contributed by atoms with Crippen LogP contribution in [0.4, 0.5) is 17.6 Å². The Labute approximate surface area is 551 Å². The Morgan fingerprint density at radius 2 is 1.25 bits per heavy atom. The molecule has 6 aromatic rings. The molecule has 16 nitrogen and oxygen atoms in total. The normalized spacial score (nSPS) is 17.8. The molecule has 10 atom stereocenters. The number of halogens is 4. The van der Waals surface area contributed by atoms with Gasteiger partial charge in [-0.2, -0.15) is 0 Å². The molecule has 29 heteroatoms. The first kappa shape index (κ1) is 78.8. The van der Waals surface area contributed by atoms with Gasteiger partial charge in [0.25, 0.3) is 11.7 Å². The van der Waals surface area contributed by atoms with E-state index in [1.165, 1.54) is 18.3 Å². The highest BCUT2D eigenvalue weighted by Gasteiger charge is 2.61. The third kappa shape index (κ3) is 21.3. The molecule has 0 saturated heterocycles. The fourth-order valence-electron chi connectivity index (χ4n) is 9.86. The summed E-state index contributed by atoms with van der Waals surface area (Å²) in [5, 5.41) is 22.1. The van der Waals surface area contributed by atoms with Crippen LogP contribution in [0.15, 0.2) is 124 Å². The first-order chi connectivity index (χ1) is 43.2. The number of aryl methyl sites for hydroxylation is 2. The summed E-state index contributed by atoms with van der Waals surface area (Å²) in [5.41, 5.74) is 4.95. The van der Waals surface area contributed by atoms with Crippen molar-refractivity contribution >= 4 is 97.0 Å². The maximum atomic E-state index is 14.2. The number of aromatic nitrogens is 1. The molecule has 9 rings (SSSR count). The van der Waals surface area contributed by atoms with Crippen LogP contribution in [0.5, 0.6) is 11.5 Å². The molecule has 1 spiro atoms. The topological polar surface area (TPSA) is 230 Å². The molecular formula is C63H83F4N4O12P9. The number of carbonyl (C=O) groups is 4. The second-order valence-corrected chi connectivity index (χ2v) is 53.0. The third-order valence-corrected chi connectivity index (χ3v) is 59.5. The van der Waals surface area contributed by atoms with E-state index in [2.05, 4.69) is 63.8 Å². The number of nitrogens with zero attached hydrogens (tertiary/aromatic N) is 2. The van der Waals surface area contributed by atoms with Crippen molar-refractivity contribution in [3.8, 4) is 11.5 Å². The Balaban J connectivity index is 0.000000258. The number of hydrogen-bond acceptors (Lipinski definition) is 14. The summed E-state index contributed by atoms with van der Waals surface area (Å²) in [6, 6.07) is 24.5. The van der Waals surface area contributed by atoms with Crippen LogP contribution in [-0.4, -0.2) is 93.7 Å². The lowest BCUT2D eigenvalue weighted by atomic mass is 9.99. The number of nitrogens with one attached hydrogen (secondary N) is 1. The van der Waals surface area contributed by atoms with E-state index in [9.17, 15) is 51.4 Å². The molecule has 4 aromatic carbocycles. The van der Waals surface area contributed by atoms with Crippen molar-refractivity contribution in [1.29, 1.82) is 0 Å². The largest absolute Gasteiger partial charge is 0.483 e. The van der Waals surface area contributed by atoms with Crippen molar-refractivity contribution in [1.82, 2.24) is 14.8 Å². The zero-order valence-corrected chi connectivity index (χ0v) is 60.5. The second-order valence-electron chi connectivity index (χ2n) is 22.4. The highest BCUT2D eigenvalue weighted by molar-refractivity contribution is 9.10. The van der Waals surface area contributed by atoms with Crippen LogP contribution < -0.4 is 31.4 Å². The molecule has 3 heterocycles. The van der Waals surface area contributed by atoms with Crippen molar-refractivity contribution in [2.45, 2.75) is 117 Å². The first-order valence-electron chi connectivity index (χ1n) is 29.0. The molecule has 2 aromatic heterocycles. The number of carbonyl (C=O) groups excluding carboxylic acids is 4. The number of rotatable bonds is 25. The van der Waals surface area contributed by atoms with Crippen LogP contribution in [0.25, 0.3) is 0 Å². The number of hydrogen-bond donors (Lipinski definition) is 4. The van der Waals surface area contributed by atoms with Gasteiger partial charge in [0.1, 0.15) is 48.3 Å². The summed E-state index contributed by atoms with van der Waals surface area (Å²) in [6.07, 6.45) is 3.30. The van der Waals surface area contributed by atoms with Gasteiger partial charge in [0, 0.05) is 86.9 Å². The minimum atomic E-state index is -0.903. The molecule has 2 aliphatic carbocycles. The summed E-state index contributed by atoms with van der Waals surface area (Å²) < 4.78 is 77.7. The summed E-state index contributed by atoms with van der Waals surface area (Å²) in [4.78, 5) is 80.2. The van der Waals surface area contributed by atoms with Crippen molar-refractivity contribution < 1.29 is 65.6 Å². The van der Waals surface area contributed by atoms with E-state index in [-0.39, 0.29) is 137 Å². The summed E-state index contributed by atoms with van der Waals surface area (Å²) in [7, 11) is 15.6. The van der Waals surface area contributed by atoms with E-state index in [0.717, 1.165) is 62.6 Å². The van der Waals surface area contributed by atoms with Gasteiger partial charge in [-0.3, -0.25) is 24.0 Å². The molecule has 3 aliphatic rings. The summed E-state index contributed by atoms with van der Waals surface area (Å²) in [5.74, 6) is -6.39. The second kappa shape index (κ2) is 37.0. The van der Waals surface area contributed by atoms with E-state index in [1.54, 1.807) is 40.7 Å². The summed E-state index contributed by atoms with van der Waals surface area (Å²) in [6.45, 7) is 11.5. The number of aliphatic hydroxyl groups excluding tert-OH is 2. The highest BCUT2D eigenvalue weighted by Crippen LogP contribution is 3.04. The van der Waals surface area contributed by atoms with Crippen LogP contribution >= 0.6 is 73.6 Å². The Morgan fingerprint density at radius 3 is 1.67 bits per heavy atom. The molecule has 2 saturated carbocycles. The zero-order chi connectivity index (χ0) is 66.9. The molecule has 1 amide bonds. The predicted molar refractivity (Wildman–Crippen MR) is 380 cm³/mol. The maximum absolute atomic E-state index is 14.2. The number of ether oxygens (including phenoxy) is 3. The van der Waals surface area contributed by atoms with Crippen molar-refractivity contribution in [3.05, 3.63) is 198 Å². The molecule has 0 radical (unpaired) electrons. The number of fused-ring (bicyclic) bond motifs is 2. The number of esters is 1. The minimum absolute atomic E-state index is 0. The molecule has 500 valence electrons. The smallest absolute Gasteiger partial charge is 0.378 e. The zero-order valence-electron chi connectivity index (χ0n) is 51.1. The molecule has 2 fully saturated rings. The Bertz CT molecular complexity index is 3590. The van der Waals surface area contributed by atoms with Gasteiger partial charge in [0.2, 0.25) is 16.6 Å². The lowest BCUT2D eigenvalue weighted by Crippen LogP contribution is -2.52. The number of benzene rings is 4. The van der Waals surface area contributed by atoms with E-state index in [1.807, 2.05) is 50.2 Å². The highest BCUT2D eigenvalue weighted by atomic mass is 33.2. The number of amides is 1. The number of nitrogens with two attached hydrogens (primary N) is 1. The van der Waals surface area contributed by atoms with Crippen molar-refractivity contribution in [3.63, 3.8) is 0 Å². The molecule has 1 aliphatic heterocycles. The summed E-state index contributed by atoms with van der Waals surface area (Å²) >= 11 is 0. The fraction of sp³-hybridized carbons (Fsp3) is 0.397. The average molecular weight is 1440 g/mol. The van der Waals surface area contributed by atoms with E-state index in [4.69, 9.17) is 29.5 Å². The van der Waals surface area contributed by atoms with Crippen LogP contribution in [0.2, 0.25) is 0 Å². The van der Waals surface area contributed by atoms with Gasteiger partial charge >= 0.3 is 5.97 Å². The average Bonchev–Trinajstić information content (AvgIpc) is 1.51. The van der Waals surface area contributed by atoms with E-state index < -0.39 is 68.7 Å². The number of pyridine rings is 1. The molecule has 0 bridgehead atoms. The van der Waals surface area contributed by atoms with Gasteiger partial charge in [-0.15, -0.1) is 44.6 Å². The molecule has 5 N–H and O–H groups in total. The predicted octanol–water partition coefficient (Wildman–Crippen LogP) is 13.7. The molecule has 6 unspecified atom stereocenters. The van der Waals surface area contributed by atoms with Gasteiger partial charge < -0.3 is 49.4 Å². The lowest BCUT2D eigenvalue weighted by Gasteiger charge is -2.40. The van der Waals surface area contributed by atoms with Crippen LogP contribution in [0, 0.1) is 35.1 Å². The molecular weight excluding hydrogens is 1360 g/mol. The van der Waals surface area contributed by atoms with Crippen molar-refractivity contribution in [2.24, 2.45) is 17.6 Å². The minimum Gasteiger partial charge on any atom is -0.483 e. The van der Waals surface area contributed by atoms with Gasteiger partial charge in [0.15, 0.2) is 23.0 Å². The monoisotopic (exact) mass is 1440 g/mol. The van der Waals surface area contributed by atoms with Crippen molar-refractivity contribution in [2.75, 3.05) is 32.9 Å². The van der Waals surface area contributed by atoms with Gasteiger partial charge in [-0.1, -0.05) is 102 Å². The Morgan fingerprint density at radius 1 is 0.750 bits per heavy atom. The Hall–Kier alpha value is -3.91. The number of aliphatic hydroxyl groups is 2. The van der Waals surface area contributed by atoms with Crippen LogP contribution in [0.1, 0.15) is 132 Å². The third-order valence-electron chi connectivity index (χ3n) is 15.2. The quantitative estimate of drug-likeness (QED) is 0.0181. The number of ketones is 2. The fourth-order valence-corrected chi connectivity index (χ4v) is 71.0. The van der Waals surface area contributed by atoms with E-state index >= 15 is 0 Å². The van der Waals surface area contributed by atoms with Gasteiger partial charge in [-0.05, 0) is 102 Å². The first-order valence-corrected chi connectivity index (χ1v) is 44.6. The Kier molecular flexibility index (Phi) is 31.7. The van der Waals surface area contributed by atoms with Crippen LogP contribution in [-0.2, 0) is 36.3 Å². The van der Waals surface area contributed by atoms with Crippen LogP contribution in [0.3, 0.4) is 0 Å². The number of Topliss-reactive ketones (excluding diaryl/α,β-unsaturated/α-hetero) is 2. The molecule has 92 heavy (non-hydrogen) atoms. The standard InChI is InChI=1S/C30H30F2N2O5.C24H20F2O6.C8H18N2O.CH4.H11P9/c1-18(2)33-17-30(13-21(30)15-35)34-14-23(25(36)11-9-20-8-10-22(31)12-24(20)32)27(37)28(26(34)29(33)38)39-16-19-6-4-3-5-7-19;1-2-30-24(29)23-22(31-13-15-6-4-3-5-7-15)21(28)18(14-32-23)20(27)11-9-16-8-10-17(25)12-19(16)26;1-6(2)10-5-8(9)3-7(8)4-11;;1-6-9(7(2)3)8(4)5/h3-8,10,12,14,18,21,35H,9,11,13,15-17H2,1-2H3;3-8,10,12,14H,2,9,11,13H2,1H3;6-7,10-11H,3-5,9H2,1-2H3;1H4;6H,1-5H2/t21-,30+;;7-,8+;;/m0.0../s1. The SMILES string of the molecule is C.CC(C)N1C[C@@]2(C[C@H]2CO)n2cc(C(=O)CCc3ccc(F)cc3F)c(=O)c(OCc3ccccc3)c2C1=O.CC(C)NC[C@]1(N)C[C@H]1CO.CCOC(=O)c1occ(C(=O)CCc2ccc(F)cc2F)c(=O)c1OCc1ccccc1.PPP(P(P)P)P(P)P. The lowest BCUT2D eigenvalue weighted by molar-refractivity contribution is 0.0476. The van der Waals surface area contributed by atoms with E-state index in [0.29, 0.717) is 31.9 Å².